The van der Waals surface area contributed by atoms with Gasteiger partial charge in [-0.15, -0.1) is 23.0 Å². The van der Waals surface area contributed by atoms with E-state index in [1.165, 1.54) is 16.9 Å². The largest absolute Gasteiger partial charge is 0.311 e. The third-order valence-corrected chi connectivity index (χ3v) is 4.52. The monoisotopic (exact) mass is 350 g/mol. The molecule has 1 amide bonds. The summed E-state index contributed by atoms with van der Waals surface area (Å²) in [5.74, 6) is -0.266. The Morgan fingerprint density at radius 3 is 2.68 bits per heavy atom. The van der Waals surface area contributed by atoms with Crippen LogP contribution in [0.25, 0.3) is 11.3 Å². The molecule has 1 aromatic carbocycles. The number of benzene rings is 1. The minimum atomic E-state index is -0.266. The maximum atomic E-state index is 12.1. The van der Waals surface area contributed by atoms with E-state index in [9.17, 15) is 4.79 Å². The SMILES string of the molecule is C=CCn1c(-c2ccc(C)cc2)cs/c1=N\NC(=O)c1ccncc1. The van der Waals surface area contributed by atoms with Gasteiger partial charge < -0.3 is 4.57 Å². The molecule has 0 aliphatic rings. The highest BCUT2D eigenvalue weighted by atomic mass is 32.1. The second-order valence-electron chi connectivity index (χ2n) is 5.46. The first-order valence-electron chi connectivity index (χ1n) is 7.79. The number of thiazole rings is 1. The van der Waals surface area contributed by atoms with Crippen molar-refractivity contribution in [2.75, 3.05) is 0 Å². The number of aromatic nitrogens is 2. The van der Waals surface area contributed by atoms with E-state index in [-0.39, 0.29) is 5.91 Å². The number of aryl methyl sites for hydroxylation is 1. The fraction of sp³-hybridized carbons (Fsp3) is 0.105. The van der Waals surface area contributed by atoms with Gasteiger partial charge in [0.15, 0.2) is 0 Å². The van der Waals surface area contributed by atoms with Crippen LogP contribution in [0.3, 0.4) is 0 Å². The van der Waals surface area contributed by atoms with Crippen molar-refractivity contribution in [1.29, 1.82) is 0 Å². The number of pyridine rings is 1. The summed E-state index contributed by atoms with van der Waals surface area (Å²) in [5.41, 5.74) is 6.48. The van der Waals surface area contributed by atoms with E-state index in [0.29, 0.717) is 16.9 Å². The molecule has 0 saturated heterocycles. The van der Waals surface area contributed by atoms with Gasteiger partial charge in [0, 0.05) is 29.9 Å². The molecule has 0 aliphatic heterocycles. The predicted octanol–water partition coefficient (Wildman–Crippen LogP) is 3.35. The van der Waals surface area contributed by atoms with Crippen molar-refractivity contribution in [3.8, 4) is 11.3 Å². The van der Waals surface area contributed by atoms with Gasteiger partial charge >= 0.3 is 0 Å². The minimum Gasteiger partial charge on any atom is -0.311 e. The van der Waals surface area contributed by atoms with Gasteiger partial charge in [0.25, 0.3) is 5.91 Å². The van der Waals surface area contributed by atoms with Crippen molar-refractivity contribution in [3.63, 3.8) is 0 Å². The number of hydrogen-bond donors (Lipinski definition) is 1. The van der Waals surface area contributed by atoms with Crippen LogP contribution in [0.4, 0.5) is 0 Å². The zero-order chi connectivity index (χ0) is 17.6. The Hall–Kier alpha value is -2.99. The molecule has 0 bridgehead atoms. The van der Waals surface area contributed by atoms with Gasteiger partial charge in [0.1, 0.15) is 0 Å². The molecule has 0 radical (unpaired) electrons. The molecule has 1 N–H and O–H groups in total. The average Bonchev–Trinajstić information content (AvgIpc) is 3.04. The number of hydrogen-bond acceptors (Lipinski definition) is 4. The maximum absolute atomic E-state index is 12.1. The fourth-order valence-electron chi connectivity index (χ4n) is 2.35. The van der Waals surface area contributed by atoms with Crippen molar-refractivity contribution < 1.29 is 4.79 Å². The highest BCUT2D eigenvalue weighted by Crippen LogP contribution is 2.20. The molecule has 0 saturated carbocycles. The topological polar surface area (TPSA) is 59.3 Å². The summed E-state index contributed by atoms with van der Waals surface area (Å²) in [6.45, 7) is 6.48. The smallest absolute Gasteiger partial charge is 0.271 e. The average molecular weight is 350 g/mol. The molecular weight excluding hydrogens is 332 g/mol. The first-order valence-corrected chi connectivity index (χ1v) is 8.67. The van der Waals surface area contributed by atoms with E-state index in [2.05, 4.69) is 53.3 Å². The second kappa shape index (κ2) is 7.72. The molecule has 2 heterocycles. The summed E-state index contributed by atoms with van der Waals surface area (Å²) in [7, 11) is 0. The van der Waals surface area contributed by atoms with Crippen LogP contribution < -0.4 is 10.2 Å². The Balaban J connectivity index is 1.92. The number of carbonyl (C=O) groups is 1. The van der Waals surface area contributed by atoms with Crippen molar-refractivity contribution in [2.45, 2.75) is 13.5 Å². The predicted molar refractivity (Wildman–Crippen MR) is 99.9 cm³/mol. The summed E-state index contributed by atoms with van der Waals surface area (Å²) in [4.78, 5) is 16.8. The molecule has 0 fully saturated rings. The third kappa shape index (κ3) is 3.92. The molecule has 2 aromatic heterocycles. The molecule has 5 nitrogen and oxygen atoms in total. The van der Waals surface area contributed by atoms with Gasteiger partial charge in [-0.3, -0.25) is 9.78 Å². The number of allylic oxidation sites excluding steroid dienone is 1. The summed E-state index contributed by atoms with van der Waals surface area (Å²) >= 11 is 1.47. The quantitative estimate of drug-likeness (QED) is 0.567. The molecule has 25 heavy (non-hydrogen) atoms. The molecular formula is C19H18N4OS. The third-order valence-electron chi connectivity index (χ3n) is 3.65. The molecule has 0 atom stereocenters. The highest BCUT2D eigenvalue weighted by Gasteiger charge is 2.08. The van der Waals surface area contributed by atoms with E-state index in [1.807, 2.05) is 16.0 Å². The van der Waals surface area contributed by atoms with Gasteiger partial charge in [-0.25, -0.2) is 5.43 Å². The van der Waals surface area contributed by atoms with Crippen LogP contribution in [0.1, 0.15) is 15.9 Å². The highest BCUT2D eigenvalue weighted by molar-refractivity contribution is 7.07. The zero-order valence-electron chi connectivity index (χ0n) is 13.8. The van der Waals surface area contributed by atoms with Crippen LogP contribution >= 0.6 is 11.3 Å². The number of nitrogens with one attached hydrogen (secondary N) is 1. The van der Waals surface area contributed by atoms with Crippen molar-refractivity contribution in [3.05, 3.63) is 82.8 Å². The molecule has 0 spiro atoms. The van der Waals surface area contributed by atoms with Gasteiger partial charge in [-0.05, 0) is 24.6 Å². The van der Waals surface area contributed by atoms with Crippen LogP contribution in [-0.4, -0.2) is 15.5 Å². The van der Waals surface area contributed by atoms with E-state index in [4.69, 9.17) is 0 Å². The standard InChI is InChI=1S/C19H18N4OS/c1-3-12-23-17(15-6-4-14(2)5-7-15)13-25-19(23)22-21-18(24)16-8-10-20-11-9-16/h3-11,13H,1,12H2,2H3,(H,21,24)/b22-19-. The summed E-state index contributed by atoms with van der Waals surface area (Å²) in [5, 5.41) is 6.31. The van der Waals surface area contributed by atoms with Gasteiger partial charge in [-0.2, -0.15) is 0 Å². The Bertz CT molecular complexity index is 940. The molecule has 3 rings (SSSR count). The Kier molecular flexibility index (Phi) is 5.20. The van der Waals surface area contributed by atoms with E-state index in [0.717, 1.165) is 11.3 Å². The van der Waals surface area contributed by atoms with E-state index >= 15 is 0 Å². The summed E-state index contributed by atoms with van der Waals surface area (Å²) < 4.78 is 2.02. The second-order valence-corrected chi connectivity index (χ2v) is 6.29. The van der Waals surface area contributed by atoms with Crippen molar-refractivity contribution >= 4 is 17.2 Å². The summed E-state index contributed by atoms with van der Waals surface area (Å²) in [6.07, 6.45) is 4.97. The van der Waals surface area contributed by atoms with Crippen LogP contribution in [-0.2, 0) is 6.54 Å². The minimum absolute atomic E-state index is 0.266. The Morgan fingerprint density at radius 1 is 1.28 bits per heavy atom. The lowest BCUT2D eigenvalue weighted by atomic mass is 10.1. The molecule has 126 valence electrons. The number of nitrogens with zero attached hydrogens (tertiary/aromatic N) is 3. The molecule has 0 aliphatic carbocycles. The summed E-state index contributed by atoms with van der Waals surface area (Å²) in [6, 6.07) is 11.6. The maximum Gasteiger partial charge on any atom is 0.271 e. The Labute approximate surface area is 150 Å². The van der Waals surface area contributed by atoms with Crippen molar-refractivity contribution in [1.82, 2.24) is 15.0 Å². The zero-order valence-corrected chi connectivity index (χ0v) is 14.7. The lowest BCUT2D eigenvalue weighted by Crippen LogP contribution is -2.24. The normalized spacial score (nSPS) is 11.3. The van der Waals surface area contributed by atoms with Crippen LogP contribution in [0, 0.1) is 6.92 Å². The number of rotatable bonds is 5. The van der Waals surface area contributed by atoms with Gasteiger partial charge in [0.2, 0.25) is 4.80 Å². The molecule has 6 heteroatoms. The van der Waals surface area contributed by atoms with Crippen LogP contribution in [0.15, 0.2) is 71.9 Å². The van der Waals surface area contributed by atoms with Crippen LogP contribution in [0.2, 0.25) is 0 Å². The van der Waals surface area contributed by atoms with Crippen LogP contribution in [0.5, 0.6) is 0 Å². The van der Waals surface area contributed by atoms with Crippen molar-refractivity contribution in [2.24, 2.45) is 5.10 Å². The van der Waals surface area contributed by atoms with Gasteiger partial charge in [0.05, 0.1) is 5.69 Å². The van der Waals surface area contributed by atoms with E-state index < -0.39 is 0 Å². The van der Waals surface area contributed by atoms with E-state index in [1.54, 1.807) is 24.5 Å². The molecule has 3 aromatic rings. The first-order chi connectivity index (χ1) is 12.2. The Morgan fingerprint density at radius 2 is 2.00 bits per heavy atom. The lowest BCUT2D eigenvalue weighted by molar-refractivity contribution is 0.0953. The number of carbonyl (C=O) groups excluding carboxylic acids is 1. The molecule has 0 unspecified atom stereocenters. The fourth-order valence-corrected chi connectivity index (χ4v) is 3.22. The van der Waals surface area contributed by atoms with Gasteiger partial charge in [-0.1, -0.05) is 35.9 Å². The lowest BCUT2D eigenvalue weighted by Gasteiger charge is -2.07. The first kappa shape index (κ1) is 16.9. The number of amides is 1.